The lowest BCUT2D eigenvalue weighted by Gasteiger charge is -2.57. The van der Waals surface area contributed by atoms with Crippen LogP contribution in [0.5, 0.6) is 0 Å². The number of carbonyl (C=O) groups excluding carboxylic acids is 1. The Hall–Kier alpha value is -3.09. The molecule has 2 saturated heterocycles. The van der Waals surface area contributed by atoms with E-state index in [0.29, 0.717) is 5.75 Å². The van der Waals surface area contributed by atoms with Gasteiger partial charge in [-0.25, -0.2) is 0 Å². The second-order valence-electron chi connectivity index (χ2n) is 9.75. The number of carbonyl (C=O) groups is 2. The third-order valence-electron chi connectivity index (χ3n) is 7.63. The molecule has 3 aromatic rings. The first kappa shape index (κ1) is 23.6. The molecule has 3 aromatic carbocycles. The lowest BCUT2D eigenvalue weighted by molar-refractivity contribution is -0.160. The van der Waals surface area contributed by atoms with Crippen LogP contribution in [0, 0.1) is 11.3 Å². The van der Waals surface area contributed by atoms with Crippen LogP contribution in [-0.4, -0.2) is 45.6 Å². The zero-order chi connectivity index (χ0) is 24.6. The summed E-state index contributed by atoms with van der Waals surface area (Å²) in [5.74, 6) is -0.442. The van der Waals surface area contributed by atoms with Gasteiger partial charge in [0.05, 0.1) is 11.0 Å². The molecule has 3 atom stereocenters. The minimum Gasteiger partial charge on any atom is -0.481 e. The molecule has 2 unspecified atom stereocenters. The molecule has 180 valence electrons. The molecule has 0 aliphatic carbocycles. The summed E-state index contributed by atoms with van der Waals surface area (Å²) in [5, 5.41) is 13.7. The van der Waals surface area contributed by atoms with Crippen molar-refractivity contribution in [2.24, 2.45) is 11.3 Å². The Kier molecular flexibility index (Phi) is 6.20. The van der Waals surface area contributed by atoms with Gasteiger partial charge in [-0.05, 0) is 22.6 Å². The fourth-order valence-electron chi connectivity index (χ4n) is 5.37. The number of nitrogens with one attached hydrogen (secondary N) is 1. The minimum atomic E-state index is -0.919. The molecule has 0 radical (unpaired) electrons. The first-order valence-electron chi connectivity index (χ1n) is 12.0. The van der Waals surface area contributed by atoms with Crippen LogP contribution >= 0.6 is 11.8 Å². The van der Waals surface area contributed by atoms with Crippen molar-refractivity contribution in [2.75, 3.05) is 12.3 Å². The monoisotopic (exact) mass is 486 g/mol. The summed E-state index contributed by atoms with van der Waals surface area (Å²) in [6.07, 6.45) is 0. The molecule has 5 rings (SSSR count). The number of nitrogens with zero attached hydrogens (tertiary/aromatic N) is 1. The van der Waals surface area contributed by atoms with Crippen molar-refractivity contribution in [3.8, 4) is 0 Å². The number of rotatable bonds is 7. The Morgan fingerprint density at radius 2 is 1.40 bits per heavy atom. The minimum absolute atomic E-state index is 0.0411. The van der Waals surface area contributed by atoms with Gasteiger partial charge in [0, 0.05) is 12.3 Å². The predicted molar refractivity (Wildman–Crippen MR) is 139 cm³/mol. The topological polar surface area (TPSA) is 69.6 Å². The van der Waals surface area contributed by atoms with Gasteiger partial charge in [-0.1, -0.05) is 105 Å². The molecule has 0 bridgehead atoms. The van der Waals surface area contributed by atoms with Gasteiger partial charge >= 0.3 is 5.97 Å². The second-order valence-corrected chi connectivity index (χ2v) is 10.9. The van der Waals surface area contributed by atoms with Gasteiger partial charge in [0.2, 0.25) is 5.91 Å². The van der Waals surface area contributed by atoms with E-state index >= 15 is 0 Å². The lowest BCUT2D eigenvalue weighted by atomic mass is 9.75. The number of aliphatic carboxylic acids is 1. The first-order chi connectivity index (χ1) is 16.9. The van der Waals surface area contributed by atoms with Gasteiger partial charge in [0.25, 0.3) is 0 Å². The van der Waals surface area contributed by atoms with Crippen LogP contribution in [0.2, 0.25) is 0 Å². The van der Waals surface area contributed by atoms with Gasteiger partial charge < -0.3 is 10.0 Å². The fraction of sp³-hybridized carbons (Fsp3) is 0.310. The van der Waals surface area contributed by atoms with Crippen LogP contribution in [-0.2, 0) is 15.1 Å². The van der Waals surface area contributed by atoms with Crippen LogP contribution in [0.1, 0.15) is 30.5 Å². The highest BCUT2D eigenvalue weighted by atomic mass is 32.2. The zero-order valence-corrected chi connectivity index (χ0v) is 20.7. The maximum atomic E-state index is 13.6. The maximum Gasteiger partial charge on any atom is 0.312 e. The van der Waals surface area contributed by atoms with E-state index in [1.165, 1.54) is 0 Å². The van der Waals surface area contributed by atoms with E-state index in [2.05, 4.69) is 41.7 Å². The van der Waals surface area contributed by atoms with Crippen molar-refractivity contribution in [1.29, 1.82) is 0 Å². The van der Waals surface area contributed by atoms with E-state index in [0.717, 1.165) is 16.7 Å². The van der Waals surface area contributed by atoms with E-state index in [9.17, 15) is 14.7 Å². The number of hydrogen-bond acceptors (Lipinski definition) is 4. The lowest BCUT2D eigenvalue weighted by Crippen LogP contribution is -2.75. The number of benzene rings is 3. The Morgan fingerprint density at radius 3 is 1.80 bits per heavy atom. The fourth-order valence-corrected chi connectivity index (χ4v) is 7.12. The molecule has 2 fully saturated rings. The molecular formula is C29H30N2O3S. The normalized spacial score (nSPS) is 24.1. The average molecular weight is 487 g/mol. The van der Waals surface area contributed by atoms with Crippen LogP contribution in [0.3, 0.4) is 0 Å². The van der Waals surface area contributed by atoms with Crippen molar-refractivity contribution >= 4 is 23.6 Å². The summed E-state index contributed by atoms with van der Waals surface area (Å²) >= 11 is 1.58. The number of amides is 1. The van der Waals surface area contributed by atoms with Crippen LogP contribution in [0.25, 0.3) is 0 Å². The van der Waals surface area contributed by atoms with E-state index in [4.69, 9.17) is 0 Å². The summed E-state index contributed by atoms with van der Waals surface area (Å²) in [4.78, 5) is 27.5. The number of thioether (sulfide) groups is 1. The SMILES string of the molecule is CC(C)C1(C(=O)O)CS[C@@H]2C(NC(c3ccccc3)(c3ccccc3)c3ccccc3)C(=O)N2C1. The average Bonchev–Trinajstić information content (AvgIpc) is 2.90. The summed E-state index contributed by atoms with van der Waals surface area (Å²) in [7, 11) is 0. The van der Waals surface area contributed by atoms with Crippen molar-refractivity contribution in [2.45, 2.75) is 30.8 Å². The standard InChI is InChI=1S/C29H30N2O3S/c1-20(2)28(27(33)34)18-31-25(32)24(26(31)35-19-28)30-29(21-12-6-3-7-13-21,22-14-8-4-9-15-22)23-16-10-5-11-17-23/h3-17,20,24,26,30H,18-19H2,1-2H3,(H,33,34)/t24?,26-,28?/m1/s1. The molecule has 35 heavy (non-hydrogen) atoms. The second kappa shape index (κ2) is 9.17. The summed E-state index contributed by atoms with van der Waals surface area (Å²) < 4.78 is 0. The van der Waals surface area contributed by atoms with Crippen molar-refractivity contribution in [3.63, 3.8) is 0 Å². The van der Waals surface area contributed by atoms with Gasteiger partial charge in [-0.2, -0.15) is 0 Å². The summed E-state index contributed by atoms with van der Waals surface area (Å²) in [5.41, 5.74) is 1.48. The number of fused-ring (bicyclic) bond motifs is 1. The van der Waals surface area contributed by atoms with Crippen LogP contribution in [0.4, 0.5) is 0 Å². The number of carboxylic acid groups (broad SMARTS) is 1. The largest absolute Gasteiger partial charge is 0.481 e. The van der Waals surface area contributed by atoms with Gasteiger partial charge in [0.1, 0.15) is 11.4 Å². The Labute approximate surface area is 210 Å². The Bertz CT molecular complexity index is 1110. The van der Waals surface area contributed by atoms with E-state index < -0.39 is 23.0 Å². The van der Waals surface area contributed by atoms with Gasteiger partial charge in [0.15, 0.2) is 0 Å². The third kappa shape index (κ3) is 3.76. The molecule has 0 spiro atoms. The highest BCUT2D eigenvalue weighted by molar-refractivity contribution is 8.00. The highest BCUT2D eigenvalue weighted by Gasteiger charge is 2.59. The van der Waals surface area contributed by atoms with E-state index in [1.807, 2.05) is 68.4 Å². The van der Waals surface area contributed by atoms with Gasteiger partial charge in [-0.3, -0.25) is 14.9 Å². The smallest absolute Gasteiger partial charge is 0.312 e. The van der Waals surface area contributed by atoms with E-state index in [-0.39, 0.29) is 23.7 Å². The van der Waals surface area contributed by atoms with Crippen LogP contribution in [0.15, 0.2) is 91.0 Å². The molecule has 2 aliphatic rings. The molecule has 5 nitrogen and oxygen atoms in total. The Morgan fingerprint density at radius 1 is 0.943 bits per heavy atom. The van der Waals surface area contributed by atoms with Gasteiger partial charge in [-0.15, -0.1) is 11.8 Å². The van der Waals surface area contributed by atoms with Crippen LogP contribution < -0.4 is 5.32 Å². The third-order valence-corrected chi connectivity index (χ3v) is 9.18. The molecular weight excluding hydrogens is 456 g/mol. The molecule has 0 saturated carbocycles. The molecule has 6 heteroatoms. The summed E-state index contributed by atoms with van der Waals surface area (Å²) in [6.45, 7) is 4.12. The van der Waals surface area contributed by atoms with Crippen molar-refractivity contribution in [1.82, 2.24) is 10.2 Å². The first-order valence-corrected chi connectivity index (χ1v) is 13.0. The molecule has 1 amide bonds. The van der Waals surface area contributed by atoms with Crippen molar-refractivity contribution < 1.29 is 14.7 Å². The zero-order valence-electron chi connectivity index (χ0n) is 19.9. The maximum absolute atomic E-state index is 13.6. The predicted octanol–water partition coefficient (Wildman–Crippen LogP) is 4.58. The van der Waals surface area contributed by atoms with Crippen molar-refractivity contribution in [3.05, 3.63) is 108 Å². The summed E-state index contributed by atoms with van der Waals surface area (Å²) in [6, 6.07) is 30.2. The molecule has 2 N–H and O–H groups in total. The molecule has 2 aliphatic heterocycles. The van der Waals surface area contributed by atoms with E-state index in [1.54, 1.807) is 16.7 Å². The number of β-lactam (4-membered cyclic amide) rings is 1. The number of hydrogen-bond donors (Lipinski definition) is 2. The molecule has 0 aromatic heterocycles. The molecule has 2 heterocycles. The quantitative estimate of drug-likeness (QED) is 0.378. The number of carboxylic acids is 1. The Balaban J connectivity index is 1.57. The highest BCUT2D eigenvalue weighted by Crippen LogP contribution is 2.47.